The molecule has 1 aromatic rings. The van der Waals surface area contributed by atoms with Crippen LogP contribution in [0.5, 0.6) is 0 Å². The van der Waals surface area contributed by atoms with Crippen molar-refractivity contribution in [3.05, 3.63) is 23.9 Å². The minimum absolute atomic E-state index is 0.145. The first-order valence-electron chi connectivity index (χ1n) is 6.80. The van der Waals surface area contributed by atoms with E-state index in [9.17, 15) is 0 Å². The molecule has 0 atom stereocenters. The van der Waals surface area contributed by atoms with Crippen molar-refractivity contribution >= 4 is 5.82 Å². The summed E-state index contributed by atoms with van der Waals surface area (Å²) in [5, 5.41) is 3.51. The average Bonchev–Trinajstić information content (AvgIpc) is 2.26. The fourth-order valence-electron chi connectivity index (χ4n) is 1.89. The summed E-state index contributed by atoms with van der Waals surface area (Å²) in [5.41, 5.74) is 1.43. The van der Waals surface area contributed by atoms with Crippen LogP contribution in [0, 0.1) is 0 Å². The highest BCUT2D eigenvalue weighted by atomic mass is 15.2. The molecule has 1 aromatic heterocycles. The fraction of sp³-hybridized carbons (Fsp3) is 0.667. The van der Waals surface area contributed by atoms with Crippen molar-refractivity contribution in [1.82, 2.24) is 10.3 Å². The molecule has 0 saturated heterocycles. The Kier molecular flexibility index (Phi) is 5.15. The van der Waals surface area contributed by atoms with Gasteiger partial charge in [-0.2, -0.15) is 0 Å². The summed E-state index contributed by atoms with van der Waals surface area (Å²) in [6.45, 7) is 15.0. The maximum absolute atomic E-state index is 4.47. The maximum Gasteiger partial charge on any atom is 0.129 e. The van der Waals surface area contributed by atoms with Crippen molar-refractivity contribution in [3.63, 3.8) is 0 Å². The Morgan fingerprint density at radius 2 is 2.00 bits per heavy atom. The van der Waals surface area contributed by atoms with Crippen molar-refractivity contribution in [2.45, 2.75) is 59.7 Å². The summed E-state index contributed by atoms with van der Waals surface area (Å²) in [6.07, 6.45) is 1.90. The third-order valence-corrected chi connectivity index (χ3v) is 2.89. The van der Waals surface area contributed by atoms with Crippen LogP contribution in [-0.4, -0.2) is 23.1 Å². The molecule has 0 aromatic carbocycles. The molecular formula is C15H27N3. The quantitative estimate of drug-likeness (QED) is 0.868. The third-order valence-electron chi connectivity index (χ3n) is 2.89. The first-order valence-corrected chi connectivity index (χ1v) is 6.80. The van der Waals surface area contributed by atoms with Gasteiger partial charge in [-0.3, -0.25) is 0 Å². The van der Waals surface area contributed by atoms with Crippen molar-refractivity contribution in [1.29, 1.82) is 0 Å². The van der Waals surface area contributed by atoms with E-state index in [1.807, 2.05) is 6.20 Å². The van der Waals surface area contributed by atoms with E-state index in [0.29, 0.717) is 6.04 Å². The van der Waals surface area contributed by atoms with Gasteiger partial charge < -0.3 is 10.2 Å². The van der Waals surface area contributed by atoms with E-state index >= 15 is 0 Å². The normalized spacial score (nSPS) is 11.9. The zero-order chi connectivity index (χ0) is 13.8. The molecule has 0 bridgehead atoms. The topological polar surface area (TPSA) is 28.2 Å². The SMILES string of the molecule is CCN(c1cc(CNC(C)(C)C)ccn1)C(C)C. The van der Waals surface area contributed by atoms with Gasteiger partial charge in [-0.1, -0.05) is 0 Å². The van der Waals surface area contributed by atoms with Crippen molar-refractivity contribution in [3.8, 4) is 0 Å². The summed E-state index contributed by atoms with van der Waals surface area (Å²) in [6, 6.07) is 4.74. The van der Waals surface area contributed by atoms with Crippen LogP contribution in [0.3, 0.4) is 0 Å². The van der Waals surface area contributed by atoms with E-state index in [1.54, 1.807) is 0 Å². The molecule has 1 N–H and O–H groups in total. The Morgan fingerprint density at radius 3 is 2.50 bits per heavy atom. The van der Waals surface area contributed by atoms with Crippen LogP contribution in [0.1, 0.15) is 47.1 Å². The largest absolute Gasteiger partial charge is 0.354 e. The van der Waals surface area contributed by atoms with Crippen LogP contribution in [0.25, 0.3) is 0 Å². The Hall–Kier alpha value is -1.09. The Labute approximate surface area is 112 Å². The molecule has 0 spiro atoms. The highest BCUT2D eigenvalue weighted by molar-refractivity contribution is 5.41. The van der Waals surface area contributed by atoms with Gasteiger partial charge in [0.25, 0.3) is 0 Å². The first-order chi connectivity index (χ1) is 8.33. The number of pyridine rings is 1. The number of nitrogens with one attached hydrogen (secondary N) is 1. The van der Waals surface area contributed by atoms with Gasteiger partial charge in [0.1, 0.15) is 5.82 Å². The van der Waals surface area contributed by atoms with Crippen LogP contribution >= 0.6 is 0 Å². The number of hydrogen-bond acceptors (Lipinski definition) is 3. The summed E-state index contributed by atoms with van der Waals surface area (Å²) < 4.78 is 0. The second-order valence-electron chi connectivity index (χ2n) is 6.01. The second kappa shape index (κ2) is 6.19. The van der Waals surface area contributed by atoms with Crippen molar-refractivity contribution in [2.75, 3.05) is 11.4 Å². The lowest BCUT2D eigenvalue weighted by molar-refractivity contribution is 0.424. The van der Waals surface area contributed by atoms with E-state index < -0.39 is 0 Å². The number of hydrogen-bond donors (Lipinski definition) is 1. The predicted molar refractivity (Wildman–Crippen MR) is 79.0 cm³/mol. The van der Waals surface area contributed by atoms with Crippen LogP contribution in [-0.2, 0) is 6.54 Å². The molecule has 18 heavy (non-hydrogen) atoms. The van der Waals surface area contributed by atoms with Crippen molar-refractivity contribution in [2.24, 2.45) is 0 Å². The molecule has 102 valence electrons. The van der Waals surface area contributed by atoms with Gasteiger partial charge in [0.15, 0.2) is 0 Å². The molecule has 0 aliphatic heterocycles. The molecule has 1 rings (SSSR count). The van der Waals surface area contributed by atoms with Gasteiger partial charge in [0, 0.05) is 30.9 Å². The molecule has 0 radical (unpaired) electrons. The lowest BCUT2D eigenvalue weighted by Gasteiger charge is -2.27. The molecule has 0 saturated carbocycles. The highest BCUT2D eigenvalue weighted by Gasteiger charge is 2.11. The maximum atomic E-state index is 4.47. The molecular weight excluding hydrogens is 222 g/mol. The van der Waals surface area contributed by atoms with E-state index in [2.05, 4.69) is 68.9 Å². The Morgan fingerprint density at radius 1 is 1.33 bits per heavy atom. The van der Waals surface area contributed by atoms with Crippen LogP contribution in [0.15, 0.2) is 18.3 Å². The zero-order valence-corrected chi connectivity index (χ0v) is 12.6. The van der Waals surface area contributed by atoms with Crippen LogP contribution in [0.2, 0.25) is 0 Å². The van der Waals surface area contributed by atoms with E-state index in [-0.39, 0.29) is 5.54 Å². The molecule has 3 heteroatoms. The standard InChI is InChI=1S/C15H27N3/c1-7-18(12(2)3)14-10-13(8-9-16-14)11-17-15(4,5)6/h8-10,12,17H,7,11H2,1-6H3. The molecule has 0 aliphatic rings. The van der Waals surface area contributed by atoms with Gasteiger partial charge in [0.2, 0.25) is 0 Å². The summed E-state index contributed by atoms with van der Waals surface area (Å²) >= 11 is 0. The van der Waals surface area contributed by atoms with E-state index in [0.717, 1.165) is 18.9 Å². The molecule has 0 aliphatic carbocycles. The number of rotatable bonds is 5. The van der Waals surface area contributed by atoms with Gasteiger partial charge >= 0.3 is 0 Å². The average molecular weight is 249 g/mol. The fourth-order valence-corrected chi connectivity index (χ4v) is 1.89. The Bertz CT molecular complexity index is 366. The molecule has 0 fully saturated rings. The van der Waals surface area contributed by atoms with E-state index in [1.165, 1.54) is 5.56 Å². The molecule has 0 unspecified atom stereocenters. The second-order valence-corrected chi connectivity index (χ2v) is 6.01. The monoisotopic (exact) mass is 249 g/mol. The number of nitrogens with zero attached hydrogens (tertiary/aromatic N) is 2. The Balaban J connectivity index is 2.79. The molecule has 1 heterocycles. The van der Waals surface area contributed by atoms with Crippen molar-refractivity contribution < 1.29 is 0 Å². The minimum Gasteiger partial charge on any atom is -0.354 e. The molecule has 0 amide bonds. The smallest absolute Gasteiger partial charge is 0.129 e. The lowest BCUT2D eigenvalue weighted by atomic mass is 10.1. The van der Waals surface area contributed by atoms with Gasteiger partial charge in [0.05, 0.1) is 0 Å². The van der Waals surface area contributed by atoms with Gasteiger partial charge in [-0.15, -0.1) is 0 Å². The third kappa shape index (κ3) is 4.65. The van der Waals surface area contributed by atoms with E-state index in [4.69, 9.17) is 0 Å². The molecule has 3 nitrogen and oxygen atoms in total. The highest BCUT2D eigenvalue weighted by Crippen LogP contribution is 2.15. The van der Waals surface area contributed by atoms with Gasteiger partial charge in [-0.25, -0.2) is 4.98 Å². The van der Waals surface area contributed by atoms with Crippen LogP contribution in [0.4, 0.5) is 5.82 Å². The van der Waals surface area contributed by atoms with Gasteiger partial charge in [-0.05, 0) is 59.2 Å². The zero-order valence-electron chi connectivity index (χ0n) is 12.6. The number of aromatic nitrogens is 1. The predicted octanol–water partition coefficient (Wildman–Crippen LogP) is 3.20. The first kappa shape index (κ1) is 15.0. The lowest BCUT2D eigenvalue weighted by Crippen LogP contribution is -2.35. The van der Waals surface area contributed by atoms with Crippen LogP contribution < -0.4 is 10.2 Å². The summed E-state index contributed by atoms with van der Waals surface area (Å²) in [4.78, 5) is 6.78. The summed E-state index contributed by atoms with van der Waals surface area (Å²) in [7, 11) is 0. The summed E-state index contributed by atoms with van der Waals surface area (Å²) in [5.74, 6) is 1.07. The number of anilines is 1. The minimum atomic E-state index is 0.145.